The van der Waals surface area contributed by atoms with Crippen molar-refractivity contribution in [3.05, 3.63) is 38.5 Å². The second-order valence-electron chi connectivity index (χ2n) is 3.93. The molecule has 2 rings (SSSR count). The Bertz CT molecular complexity index is 720. The van der Waals surface area contributed by atoms with Crippen LogP contribution in [0.2, 0.25) is 0 Å². The number of aromatic amines is 1. The lowest BCUT2D eigenvalue weighted by molar-refractivity contribution is -0.385. The van der Waals surface area contributed by atoms with Gasteiger partial charge in [0, 0.05) is 4.88 Å². The number of amides is 1. The SMILES string of the molecule is COC(=O)c1cc(C)sc1NC(=O)c1[nH]ncc1[N+](=O)[O-]. The van der Waals surface area contributed by atoms with E-state index in [4.69, 9.17) is 0 Å². The van der Waals surface area contributed by atoms with Gasteiger partial charge in [-0.1, -0.05) is 0 Å². The number of hydrogen-bond acceptors (Lipinski definition) is 7. The van der Waals surface area contributed by atoms with Crippen LogP contribution in [0, 0.1) is 17.0 Å². The molecule has 10 heteroatoms. The Balaban J connectivity index is 2.30. The number of thiophene rings is 1. The molecular weight excluding hydrogens is 300 g/mol. The molecule has 21 heavy (non-hydrogen) atoms. The number of esters is 1. The molecule has 0 aromatic carbocycles. The molecule has 1 amide bonds. The fraction of sp³-hybridized carbons (Fsp3) is 0.182. The number of anilines is 1. The van der Waals surface area contributed by atoms with E-state index in [2.05, 4.69) is 20.3 Å². The van der Waals surface area contributed by atoms with Crippen LogP contribution in [-0.4, -0.2) is 34.1 Å². The number of aryl methyl sites for hydroxylation is 1. The van der Waals surface area contributed by atoms with Crippen molar-refractivity contribution in [3.63, 3.8) is 0 Å². The molecular formula is C11H10N4O5S. The van der Waals surface area contributed by atoms with Gasteiger partial charge in [0.2, 0.25) is 5.69 Å². The monoisotopic (exact) mass is 310 g/mol. The first-order valence-electron chi connectivity index (χ1n) is 5.62. The number of carbonyl (C=O) groups is 2. The lowest BCUT2D eigenvalue weighted by atomic mass is 10.3. The molecule has 0 saturated heterocycles. The number of H-pyrrole nitrogens is 1. The lowest BCUT2D eigenvalue weighted by Crippen LogP contribution is -2.15. The number of rotatable bonds is 4. The van der Waals surface area contributed by atoms with Crippen LogP contribution < -0.4 is 5.32 Å². The highest BCUT2D eigenvalue weighted by atomic mass is 32.1. The predicted molar refractivity (Wildman–Crippen MR) is 73.6 cm³/mol. The van der Waals surface area contributed by atoms with E-state index in [9.17, 15) is 19.7 Å². The predicted octanol–water partition coefficient (Wildman–Crippen LogP) is 1.73. The molecule has 0 spiro atoms. The van der Waals surface area contributed by atoms with E-state index in [0.29, 0.717) is 0 Å². The highest BCUT2D eigenvalue weighted by Crippen LogP contribution is 2.29. The van der Waals surface area contributed by atoms with Gasteiger partial charge < -0.3 is 10.1 Å². The maximum absolute atomic E-state index is 12.0. The van der Waals surface area contributed by atoms with Crippen molar-refractivity contribution >= 4 is 33.9 Å². The van der Waals surface area contributed by atoms with Gasteiger partial charge in [-0.25, -0.2) is 4.79 Å². The van der Waals surface area contributed by atoms with Crippen LogP contribution in [0.5, 0.6) is 0 Å². The molecule has 0 unspecified atom stereocenters. The number of nitrogens with zero attached hydrogens (tertiary/aromatic N) is 2. The van der Waals surface area contributed by atoms with Gasteiger partial charge in [0.25, 0.3) is 5.91 Å². The minimum absolute atomic E-state index is 0.190. The Morgan fingerprint density at radius 2 is 2.24 bits per heavy atom. The molecule has 0 bridgehead atoms. The maximum Gasteiger partial charge on any atom is 0.340 e. The first-order chi connectivity index (χ1) is 9.93. The summed E-state index contributed by atoms with van der Waals surface area (Å²) in [4.78, 5) is 34.5. The molecule has 0 aliphatic heterocycles. The lowest BCUT2D eigenvalue weighted by Gasteiger charge is -2.03. The van der Waals surface area contributed by atoms with Crippen molar-refractivity contribution < 1.29 is 19.2 Å². The third-order valence-electron chi connectivity index (χ3n) is 2.53. The average molecular weight is 310 g/mol. The fourth-order valence-electron chi connectivity index (χ4n) is 1.62. The van der Waals surface area contributed by atoms with E-state index in [1.165, 1.54) is 7.11 Å². The highest BCUT2D eigenvalue weighted by Gasteiger charge is 2.25. The van der Waals surface area contributed by atoms with Crippen LogP contribution in [0.1, 0.15) is 25.7 Å². The topological polar surface area (TPSA) is 127 Å². The standard InChI is InChI=1S/C11H10N4O5S/c1-5-3-6(11(17)20-2)10(21-5)13-9(16)8-7(15(18)19)4-12-14-8/h3-4H,1-2H3,(H,12,14)(H,13,16). The van der Waals surface area contributed by atoms with Gasteiger partial charge in [-0.05, 0) is 13.0 Å². The van der Waals surface area contributed by atoms with Gasteiger partial charge in [0.1, 0.15) is 11.2 Å². The second-order valence-corrected chi connectivity index (χ2v) is 5.19. The zero-order chi connectivity index (χ0) is 15.6. The van der Waals surface area contributed by atoms with Crippen LogP contribution in [0.3, 0.4) is 0 Å². The van der Waals surface area contributed by atoms with E-state index >= 15 is 0 Å². The Morgan fingerprint density at radius 1 is 1.52 bits per heavy atom. The minimum Gasteiger partial charge on any atom is -0.465 e. The number of hydrogen-bond donors (Lipinski definition) is 2. The first-order valence-corrected chi connectivity index (χ1v) is 6.43. The summed E-state index contributed by atoms with van der Waals surface area (Å²) < 4.78 is 4.61. The first kappa shape index (κ1) is 14.7. The van der Waals surface area contributed by atoms with Crippen LogP contribution in [0.4, 0.5) is 10.7 Å². The quantitative estimate of drug-likeness (QED) is 0.503. The molecule has 2 aromatic rings. The summed E-state index contributed by atoms with van der Waals surface area (Å²) in [5, 5.41) is 19.2. The summed E-state index contributed by atoms with van der Waals surface area (Å²) in [5.41, 5.74) is -0.544. The van der Waals surface area contributed by atoms with Crippen molar-refractivity contribution in [3.8, 4) is 0 Å². The van der Waals surface area contributed by atoms with Gasteiger partial charge >= 0.3 is 11.7 Å². The molecule has 0 aliphatic carbocycles. The second kappa shape index (κ2) is 5.71. The van der Waals surface area contributed by atoms with Gasteiger partial charge in [-0.3, -0.25) is 20.0 Å². The summed E-state index contributed by atoms with van der Waals surface area (Å²) in [6.07, 6.45) is 0.940. The van der Waals surface area contributed by atoms with E-state index in [-0.39, 0.29) is 16.3 Å². The van der Waals surface area contributed by atoms with Crippen LogP contribution >= 0.6 is 11.3 Å². The van der Waals surface area contributed by atoms with Crippen molar-refractivity contribution in [2.24, 2.45) is 0 Å². The number of carbonyl (C=O) groups excluding carboxylic acids is 2. The molecule has 0 fully saturated rings. The zero-order valence-corrected chi connectivity index (χ0v) is 11.8. The third kappa shape index (κ3) is 2.89. The van der Waals surface area contributed by atoms with Crippen molar-refractivity contribution in [2.45, 2.75) is 6.92 Å². The number of ether oxygens (including phenoxy) is 1. The van der Waals surface area contributed by atoms with Crippen LogP contribution in [0.25, 0.3) is 0 Å². The van der Waals surface area contributed by atoms with Gasteiger partial charge in [0.05, 0.1) is 17.6 Å². The average Bonchev–Trinajstić information content (AvgIpc) is 3.04. The summed E-state index contributed by atoms with van der Waals surface area (Å²) >= 11 is 1.16. The summed E-state index contributed by atoms with van der Waals surface area (Å²) in [6.45, 7) is 1.76. The summed E-state index contributed by atoms with van der Waals surface area (Å²) in [7, 11) is 1.22. The minimum atomic E-state index is -0.758. The molecule has 110 valence electrons. The van der Waals surface area contributed by atoms with Crippen molar-refractivity contribution in [1.82, 2.24) is 10.2 Å². The van der Waals surface area contributed by atoms with Crippen LogP contribution in [-0.2, 0) is 4.74 Å². The molecule has 0 aliphatic rings. The van der Waals surface area contributed by atoms with Crippen LogP contribution in [0.15, 0.2) is 12.3 Å². The number of nitrogens with one attached hydrogen (secondary N) is 2. The summed E-state index contributed by atoms with van der Waals surface area (Å²) in [5.74, 6) is -1.36. The number of methoxy groups -OCH3 is 1. The van der Waals surface area contributed by atoms with E-state index < -0.39 is 22.5 Å². The largest absolute Gasteiger partial charge is 0.465 e. The zero-order valence-electron chi connectivity index (χ0n) is 11.0. The smallest absolute Gasteiger partial charge is 0.340 e. The molecule has 2 N–H and O–H groups in total. The number of aromatic nitrogens is 2. The Morgan fingerprint density at radius 3 is 2.86 bits per heavy atom. The van der Waals surface area contributed by atoms with Gasteiger partial charge in [-0.15, -0.1) is 11.3 Å². The Kier molecular flexibility index (Phi) is 3.98. The molecule has 0 saturated carbocycles. The van der Waals surface area contributed by atoms with E-state index in [0.717, 1.165) is 22.4 Å². The molecule has 9 nitrogen and oxygen atoms in total. The highest BCUT2D eigenvalue weighted by molar-refractivity contribution is 7.16. The normalized spacial score (nSPS) is 10.2. The van der Waals surface area contributed by atoms with Gasteiger partial charge in [0.15, 0.2) is 0 Å². The fourth-order valence-corrected chi connectivity index (χ4v) is 2.51. The van der Waals surface area contributed by atoms with E-state index in [1.54, 1.807) is 13.0 Å². The summed E-state index contributed by atoms with van der Waals surface area (Å²) in [6, 6.07) is 1.56. The maximum atomic E-state index is 12.0. The van der Waals surface area contributed by atoms with Crippen molar-refractivity contribution in [1.29, 1.82) is 0 Å². The third-order valence-corrected chi connectivity index (χ3v) is 3.50. The molecule has 2 aromatic heterocycles. The van der Waals surface area contributed by atoms with Crippen molar-refractivity contribution in [2.75, 3.05) is 12.4 Å². The molecule has 0 atom stereocenters. The number of nitro groups is 1. The molecule has 0 radical (unpaired) electrons. The van der Waals surface area contributed by atoms with Gasteiger partial charge in [-0.2, -0.15) is 5.10 Å². The Labute approximate surface area is 122 Å². The van der Waals surface area contributed by atoms with E-state index in [1.807, 2.05) is 0 Å². The molecule has 2 heterocycles. The Hall–Kier alpha value is -2.75.